The zero-order chi connectivity index (χ0) is 21.6. The molecular weight excluding hydrogens is 460 g/mol. The van der Waals surface area contributed by atoms with Crippen LogP contribution in [0.5, 0.6) is 5.75 Å². The van der Waals surface area contributed by atoms with Crippen molar-refractivity contribution in [2.45, 2.75) is 49.4 Å². The van der Waals surface area contributed by atoms with Crippen LogP contribution in [0.4, 0.5) is 11.4 Å². The first-order valence-electron chi connectivity index (χ1n) is 10.8. The molecule has 1 aromatic carbocycles. The molecule has 8 heteroatoms. The van der Waals surface area contributed by atoms with E-state index >= 15 is 0 Å². The Morgan fingerprint density at radius 1 is 1.13 bits per heavy atom. The average molecular weight is 487 g/mol. The maximum atomic E-state index is 13.3. The molecular formula is C23H27BrN4O3. The Labute approximate surface area is 190 Å². The number of carbonyl (C=O) groups excluding carboxylic acids is 2. The predicted octanol–water partition coefficient (Wildman–Crippen LogP) is 4.20. The molecule has 0 spiro atoms. The van der Waals surface area contributed by atoms with Crippen molar-refractivity contribution in [2.75, 3.05) is 17.7 Å². The van der Waals surface area contributed by atoms with Crippen molar-refractivity contribution >= 4 is 39.1 Å². The van der Waals surface area contributed by atoms with Crippen molar-refractivity contribution in [3.63, 3.8) is 0 Å². The van der Waals surface area contributed by atoms with Crippen LogP contribution in [0.15, 0.2) is 36.7 Å². The number of amides is 2. The zero-order valence-corrected chi connectivity index (χ0v) is 19.2. The summed E-state index contributed by atoms with van der Waals surface area (Å²) in [7, 11) is 1.60. The first-order chi connectivity index (χ1) is 14.8. The van der Waals surface area contributed by atoms with Crippen LogP contribution in [-0.4, -0.2) is 33.0 Å². The molecule has 6 rings (SSSR count). The fraction of sp³-hybridized carbons (Fsp3) is 0.522. The van der Waals surface area contributed by atoms with E-state index in [2.05, 4.69) is 31.7 Å². The summed E-state index contributed by atoms with van der Waals surface area (Å²) in [5, 5.41) is 10.2. The maximum absolute atomic E-state index is 13.3. The second-order valence-electron chi connectivity index (χ2n) is 9.55. The number of benzene rings is 1. The number of aromatic nitrogens is 2. The van der Waals surface area contributed by atoms with Gasteiger partial charge in [-0.25, -0.2) is 0 Å². The van der Waals surface area contributed by atoms with E-state index in [1.54, 1.807) is 48.5 Å². The van der Waals surface area contributed by atoms with Gasteiger partial charge in [0.2, 0.25) is 11.8 Å². The predicted molar refractivity (Wildman–Crippen MR) is 121 cm³/mol. The quantitative estimate of drug-likeness (QED) is 0.599. The minimum absolute atomic E-state index is 0.0711. The number of anilines is 2. The summed E-state index contributed by atoms with van der Waals surface area (Å²) in [5.74, 6) is 1.95. The highest BCUT2D eigenvalue weighted by Crippen LogP contribution is 2.64. The number of hydrogen-bond acceptors (Lipinski definition) is 4. The Morgan fingerprint density at radius 3 is 2.48 bits per heavy atom. The smallest absolute Gasteiger partial charge is 0.246 e. The highest BCUT2D eigenvalue weighted by molar-refractivity contribution is 9.10. The third-order valence-electron chi connectivity index (χ3n) is 7.04. The average Bonchev–Trinajstić information content (AvgIpc) is 3.13. The molecule has 164 valence electrons. The largest absolute Gasteiger partial charge is 0.497 e. The van der Waals surface area contributed by atoms with Gasteiger partial charge in [-0.2, -0.15) is 5.10 Å². The van der Waals surface area contributed by atoms with Crippen LogP contribution in [0.3, 0.4) is 0 Å². The SMILES string of the molecule is COc1ccc(NC(=O)Cn2cc(NC(=O)C34CC5CC(CC(Br)(C5)C3)C4)cn2)cc1. The van der Waals surface area contributed by atoms with Crippen molar-refractivity contribution in [3.8, 4) is 5.75 Å². The molecule has 2 N–H and O–H groups in total. The first kappa shape index (κ1) is 20.5. The number of alkyl halides is 1. The molecule has 0 aliphatic heterocycles. The van der Waals surface area contributed by atoms with Gasteiger partial charge in [-0.3, -0.25) is 14.3 Å². The van der Waals surface area contributed by atoms with E-state index in [-0.39, 0.29) is 28.1 Å². The van der Waals surface area contributed by atoms with Crippen LogP contribution in [0.1, 0.15) is 38.5 Å². The van der Waals surface area contributed by atoms with Crippen molar-refractivity contribution in [1.82, 2.24) is 9.78 Å². The summed E-state index contributed by atoms with van der Waals surface area (Å²) in [6.07, 6.45) is 9.88. The lowest BCUT2D eigenvalue weighted by Crippen LogP contribution is -2.57. The summed E-state index contributed by atoms with van der Waals surface area (Å²) in [4.78, 5) is 25.6. The van der Waals surface area contributed by atoms with Gasteiger partial charge in [0.15, 0.2) is 0 Å². The maximum Gasteiger partial charge on any atom is 0.246 e. The van der Waals surface area contributed by atoms with Gasteiger partial charge in [-0.15, -0.1) is 0 Å². The molecule has 4 aliphatic rings. The Bertz CT molecular complexity index is 989. The summed E-state index contributed by atoms with van der Waals surface area (Å²) in [6, 6.07) is 7.15. The summed E-state index contributed by atoms with van der Waals surface area (Å²) < 4.78 is 6.80. The van der Waals surface area contributed by atoms with Crippen molar-refractivity contribution in [3.05, 3.63) is 36.7 Å². The highest BCUT2D eigenvalue weighted by atomic mass is 79.9. The van der Waals surface area contributed by atoms with Crippen LogP contribution in [0.2, 0.25) is 0 Å². The van der Waals surface area contributed by atoms with E-state index in [1.807, 2.05) is 0 Å². The highest BCUT2D eigenvalue weighted by Gasteiger charge is 2.59. The van der Waals surface area contributed by atoms with Gasteiger partial charge in [0, 0.05) is 16.2 Å². The second-order valence-corrected chi connectivity index (χ2v) is 11.2. The molecule has 2 aromatic rings. The van der Waals surface area contributed by atoms with E-state index in [9.17, 15) is 9.59 Å². The Hall–Kier alpha value is -2.35. The van der Waals surface area contributed by atoms with E-state index < -0.39 is 0 Å². The number of carbonyl (C=O) groups is 2. The third kappa shape index (κ3) is 4.10. The van der Waals surface area contributed by atoms with E-state index in [4.69, 9.17) is 4.74 Å². The lowest BCUT2D eigenvalue weighted by Gasteiger charge is -2.59. The molecule has 2 amide bonds. The Morgan fingerprint density at radius 2 is 1.84 bits per heavy atom. The number of nitrogens with zero attached hydrogens (tertiary/aromatic N) is 2. The molecule has 4 saturated carbocycles. The van der Waals surface area contributed by atoms with Crippen LogP contribution < -0.4 is 15.4 Å². The third-order valence-corrected chi connectivity index (χ3v) is 7.97. The lowest BCUT2D eigenvalue weighted by atomic mass is 9.49. The minimum atomic E-state index is -0.276. The second kappa shape index (κ2) is 7.65. The number of hydrogen-bond donors (Lipinski definition) is 2. The van der Waals surface area contributed by atoms with Gasteiger partial charge < -0.3 is 15.4 Å². The number of nitrogens with one attached hydrogen (secondary N) is 2. The molecule has 4 fully saturated rings. The van der Waals surface area contributed by atoms with E-state index in [0.717, 1.165) is 25.0 Å². The monoisotopic (exact) mass is 486 g/mol. The number of halogens is 1. The number of ether oxygens (including phenoxy) is 1. The van der Waals surface area contributed by atoms with E-state index in [1.165, 1.54) is 19.3 Å². The van der Waals surface area contributed by atoms with Crippen LogP contribution in [-0.2, 0) is 16.1 Å². The summed E-state index contributed by atoms with van der Waals surface area (Å²) in [5.41, 5.74) is 1.06. The van der Waals surface area contributed by atoms with Crippen LogP contribution >= 0.6 is 15.9 Å². The minimum Gasteiger partial charge on any atom is -0.497 e. The van der Waals surface area contributed by atoms with Gasteiger partial charge in [0.1, 0.15) is 12.3 Å². The molecule has 4 aliphatic carbocycles. The fourth-order valence-corrected chi connectivity index (χ4v) is 7.67. The number of methoxy groups -OCH3 is 1. The summed E-state index contributed by atoms with van der Waals surface area (Å²) in [6.45, 7) is 0.0711. The standard InChI is InChI=1S/C23H27BrN4O3/c1-31-19-4-2-17(3-5-19)26-20(29)13-28-12-18(11-25-28)27-21(30)22-7-15-6-16(8-22)10-23(24,9-15)14-22/h2-5,11-12,15-16H,6-10,13-14H2,1H3,(H,26,29)(H,27,30). The fourth-order valence-electron chi connectivity index (χ4n) is 6.22. The first-order valence-corrected chi connectivity index (χ1v) is 11.6. The summed E-state index contributed by atoms with van der Waals surface area (Å²) >= 11 is 3.96. The molecule has 1 heterocycles. The normalized spacial score (nSPS) is 30.8. The zero-order valence-electron chi connectivity index (χ0n) is 17.6. The molecule has 2 atom stereocenters. The van der Waals surface area contributed by atoms with Gasteiger partial charge in [0.05, 0.1) is 24.4 Å². The van der Waals surface area contributed by atoms with Crippen LogP contribution in [0, 0.1) is 17.3 Å². The Kier molecular flexibility index (Phi) is 5.07. The van der Waals surface area contributed by atoms with Crippen molar-refractivity contribution in [2.24, 2.45) is 17.3 Å². The van der Waals surface area contributed by atoms with Crippen LogP contribution in [0.25, 0.3) is 0 Å². The van der Waals surface area contributed by atoms with Crippen molar-refractivity contribution in [1.29, 1.82) is 0 Å². The molecule has 1 aromatic heterocycles. The number of rotatable bonds is 6. The van der Waals surface area contributed by atoms with Gasteiger partial charge in [-0.05, 0) is 74.6 Å². The van der Waals surface area contributed by atoms with Gasteiger partial charge in [0.25, 0.3) is 0 Å². The molecule has 7 nitrogen and oxygen atoms in total. The molecule has 0 radical (unpaired) electrons. The van der Waals surface area contributed by atoms with Gasteiger partial charge >= 0.3 is 0 Å². The molecule has 31 heavy (non-hydrogen) atoms. The van der Waals surface area contributed by atoms with Crippen molar-refractivity contribution < 1.29 is 14.3 Å². The van der Waals surface area contributed by atoms with E-state index in [0.29, 0.717) is 23.2 Å². The molecule has 2 unspecified atom stereocenters. The van der Waals surface area contributed by atoms with Gasteiger partial charge in [-0.1, -0.05) is 15.9 Å². The molecule has 0 saturated heterocycles. The molecule has 4 bridgehead atoms. The topological polar surface area (TPSA) is 85.2 Å². The Balaban J connectivity index is 1.20. The lowest BCUT2D eigenvalue weighted by molar-refractivity contribution is -0.138.